The molecule has 0 fully saturated rings. The molecule has 88 valence electrons. The van der Waals surface area contributed by atoms with Crippen molar-refractivity contribution in [3.05, 3.63) is 23.8 Å². The molecule has 0 aromatic heterocycles. The lowest BCUT2D eigenvalue weighted by Gasteiger charge is -2.20. The lowest BCUT2D eigenvalue weighted by molar-refractivity contribution is 0.0697. The fraction of sp³-hybridized carbons (Fsp3) is 0.364. The third kappa shape index (κ3) is 2.85. The molecule has 0 unspecified atom stereocenters. The summed E-state index contributed by atoms with van der Waals surface area (Å²) >= 11 is 0. The molecule has 0 atom stereocenters. The summed E-state index contributed by atoms with van der Waals surface area (Å²) in [5.74, 6) is -1.03. The number of aromatic carboxylic acids is 1. The third-order valence-electron chi connectivity index (χ3n) is 2.29. The first-order chi connectivity index (χ1) is 7.56. The lowest BCUT2D eigenvalue weighted by atomic mass is 10.1. The van der Waals surface area contributed by atoms with E-state index in [1.165, 1.54) is 6.07 Å². The van der Waals surface area contributed by atoms with Crippen LogP contribution in [0.4, 0.5) is 15.8 Å². The van der Waals surface area contributed by atoms with E-state index in [0.717, 1.165) is 0 Å². The van der Waals surface area contributed by atoms with E-state index in [0.29, 0.717) is 24.3 Å². The molecule has 0 spiro atoms. The summed E-state index contributed by atoms with van der Waals surface area (Å²) in [7, 11) is 1.73. The monoisotopic (exact) mass is 226 g/mol. The van der Waals surface area contributed by atoms with Gasteiger partial charge in [0, 0.05) is 19.3 Å². The first kappa shape index (κ1) is 12.3. The van der Waals surface area contributed by atoms with Crippen molar-refractivity contribution in [2.45, 2.75) is 6.42 Å². The molecule has 1 aromatic carbocycles. The number of alkyl halides is 1. The molecule has 5 heteroatoms. The average Bonchev–Trinajstić information content (AvgIpc) is 2.25. The first-order valence-electron chi connectivity index (χ1n) is 4.96. The van der Waals surface area contributed by atoms with Gasteiger partial charge in [0.2, 0.25) is 0 Å². The number of nitrogens with two attached hydrogens (primary N) is 1. The maximum Gasteiger partial charge on any atom is 0.337 e. The van der Waals surface area contributed by atoms with E-state index >= 15 is 0 Å². The van der Waals surface area contributed by atoms with Crippen LogP contribution in [0.5, 0.6) is 0 Å². The maximum absolute atomic E-state index is 12.0. The van der Waals surface area contributed by atoms with Crippen molar-refractivity contribution < 1.29 is 14.3 Å². The number of anilines is 2. The van der Waals surface area contributed by atoms with Crippen molar-refractivity contribution in [2.24, 2.45) is 0 Å². The SMILES string of the molecule is CN(CCCF)c1ccc(N)cc1C(=O)O. The van der Waals surface area contributed by atoms with E-state index in [1.807, 2.05) is 0 Å². The summed E-state index contributed by atoms with van der Waals surface area (Å²) < 4.78 is 12.0. The smallest absolute Gasteiger partial charge is 0.337 e. The van der Waals surface area contributed by atoms with Crippen LogP contribution in [-0.2, 0) is 0 Å². The molecular formula is C11H15FN2O2. The van der Waals surface area contributed by atoms with Gasteiger partial charge in [0.1, 0.15) is 0 Å². The molecule has 0 aliphatic rings. The van der Waals surface area contributed by atoms with Crippen LogP contribution in [0.3, 0.4) is 0 Å². The van der Waals surface area contributed by atoms with Gasteiger partial charge < -0.3 is 15.7 Å². The largest absolute Gasteiger partial charge is 0.478 e. The predicted octanol–water partition coefficient (Wildman–Crippen LogP) is 1.76. The molecule has 0 bridgehead atoms. The standard InChI is InChI=1S/C11H15FN2O2/c1-14(6-2-5-12)10-4-3-8(13)7-9(10)11(15)16/h3-4,7H,2,5-6,13H2,1H3,(H,15,16). The average molecular weight is 226 g/mol. The van der Waals surface area contributed by atoms with E-state index in [4.69, 9.17) is 10.8 Å². The van der Waals surface area contributed by atoms with Crippen molar-refractivity contribution in [1.29, 1.82) is 0 Å². The number of carbonyl (C=O) groups is 1. The second-order valence-corrected chi connectivity index (χ2v) is 3.55. The molecule has 0 saturated heterocycles. The Bertz CT molecular complexity index is 382. The minimum absolute atomic E-state index is 0.140. The number of nitrogens with zero attached hydrogens (tertiary/aromatic N) is 1. The summed E-state index contributed by atoms with van der Waals surface area (Å²) in [4.78, 5) is 12.7. The molecular weight excluding hydrogens is 211 g/mol. The molecule has 0 aliphatic heterocycles. The van der Waals surface area contributed by atoms with Crippen LogP contribution in [0.25, 0.3) is 0 Å². The van der Waals surface area contributed by atoms with Crippen molar-refractivity contribution >= 4 is 17.3 Å². The van der Waals surface area contributed by atoms with Gasteiger partial charge in [-0.3, -0.25) is 4.39 Å². The predicted molar refractivity (Wildman–Crippen MR) is 61.7 cm³/mol. The molecule has 0 saturated carbocycles. The molecule has 1 rings (SSSR count). The Hall–Kier alpha value is -1.78. The Kier molecular flexibility index (Phi) is 4.10. The maximum atomic E-state index is 12.0. The molecule has 16 heavy (non-hydrogen) atoms. The number of halogens is 1. The highest BCUT2D eigenvalue weighted by Crippen LogP contribution is 2.22. The van der Waals surface area contributed by atoms with Gasteiger partial charge in [-0.15, -0.1) is 0 Å². The van der Waals surface area contributed by atoms with Crippen molar-refractivity contribution in [2.75, 3.05) is 30.9 Å². The summed E-state index contributed by atoms with van der Waals surface area (Å²) in [6.45, 7) is 0.0580. The van der Waals surface area contributed by atoms with E-state index in [2.05, 4.69) is 0 Å². The van der Waals surface area contributed by atoms with Crippen LogP contribution in [-0.4, -0.2) is 31.3 Å². The number of benzene rings is 1. The highest BCUT2D eigenvalue weighted by Gasteiger charge is 2.13. The Morgan fingerprint density at radius 3 is 2.81 bits per heavy atom. The number of nitrogen functional groups attached to an aromatic ring is 1. The summed E-state index contributed by atoms with van der Waals surface area (Å²) in [6, 6.07) is 4.67. The molecule has 3 N–H and O–H groups in total. The van der Waals surface area contributed by atoms with Gasteiger partial charge in [0.15, 0.2) is 0 Å². The van der Waals surface area contributed by atoms with Crippen LogP contribution in [0, 0.1) is 0 Å². The third-order valence-corrected chi connectivity index (χ3v) is 2.29. The molecule has 0 radical (unpaired) electrons. The fourth-order valence-electron chi connectivity index (χ4n) is 1.48. The summed E-state index contributed by atoms with van der Waals surface area (Å²) in [5.41, 5.74) is 6.62. The van der Waals surface area contributed by atoms with Crippen molar-refractivity contribution in [3.63, 3.8) is 0 Å². The van der Waals surface area contributed by atoms with Crippen LogP contribution < -0.4 is 10.6 Å². The second-order valence-electron chi connectivity index (χ2n) is 3.55. The molecule has 0 heterocycles. The van der Waals surface area contributed by atoms with Gasteiger partial charge in [-0.1, -0.05) is 0 Å². The van der Waals surface area contributed by atoms with Crippen LogP contribution in [0.2, 0.25) is 0 Å². The van der Waals surface area contributed by atoms with Gasteiger partial charge in [-0.2, -0.15) is 0 Å². The minimum atomic E-state index is -1.03. The first-order valence-corrected chi connectivity index (χ1v) is 4.96. The zero-order valence-electron chi connectivity index (χ0n) is 9.11. The van der Waals surface area contributed by atoms with E-state index in [1.54, 1.807) is 24.1 Å². The summed E-state index contributed by atoms with van der Waals surface area (Å²) in [5, 5.41) is 9.01. The van der Waals surface area contributed by atoms with Gasteiger partial charge in [-0.05, 0) is 24.6 Å². The number of hydrogen-bond acceptors (Lipinski definition) is 3. The van der Waals surface area contributed by atoms with Crippen LogP contribution in [0.15, 0.2) is 18.2 Å². The second kappa shape index (κ2) is 5.34. The number of rotatable bonds is 5. The Labute approximate surface area is 93.5 Å². The fourth-order valence-corrected chi connectivity index (χ4v) is 1.48. The normalized spacial score (nSPS) is 10.1. The van der Waals surface area contributed by atoms with Crippen LogP contribution >= 0.6 is 0 Å². The van der Waals surface area contributed by atoms with E-state index in [-0.39, 0.29) is 5.56 Å². The topological polar surface area (TPSA) is 66.6 Å². The van der Waals surface area contributed by atoms with Gasteiger partial charge in [0.25, 0.3) is 0 Å². The molecule has 4 nitrogen and oxygen atoms in total. The van der Waals surface area contributed by atoms with Crippen molar-refractivity contribution in [3.8, 4) is 0 Å². The van der Waals surface area contributed by atoms with Crippen LogP contribution in [0.1, 0.15) is 16.8 Å². The van der Waals surface area contributed by atoms with E-state index in [9.17, 15) is 9.18 Å². The highest BCUT2D eigenvalue weighted by molar-refractivity contribution is 5.95. The minimum Gasteiger partial charge on any atom is -0.478 e. The molecule has 0 aliphatic carbocycles. The quantitative estimate of drug-likeness (QED) is 0.751. The van der Waals surface area contributed by atoms with Gasteiger partial charge in [-0.25, -0.2) is 4.79 Å². The van der Waals surface area contributed by atoms with E-state index < -0.39 is 12.6 Å². The van der Waals surface area contributed by atoms with Crippen molar-refractivity contribution in [1.82, 2.24) is 0 Å². The summed E-state index contributed by atoms with van der Waals surface area (Å²) in [6.07, 6.45) is 0.375. The number of carboxylic acid groups (broad SMARTS) is 1. The lowest BCUT2D eigenvalue weighted by Crippen LogP contribution is -2.21. The zero-order valence-corrected chi connectivity index (χ0v) is 9.11. The van der Waals surface area contributed by atoms with Gasteiger partial charge >= 0.3 is 5.97 Å². The Morgan fingerprint density at radius 2 is 2.25 bits per heavy atom. The van der Waals surface area contributed by atoms with Gasteiger partial charge in [0.05, 0.1) is 17.9 Å². The number of hydrogen-bond donors (Lipinski definition) is 2. The highest BCUT2D eigenvalue weighted by atomic mass is 19.1. The number of carboxylic acids is 1. The molecule has 0 amide bonds. The Balaban J connectivity index is 2.98. The molecule has 1 aromatic rings. The Morgan fingerprint density at radius 1 is 1.56 bits per heavy atom. The zero-order chi connectivity index (χ0) is 12.1.